The van der Waals surface area contributed by atoms with Crippen LogP contribution in [0.4, 0.5) is 0 Å². The summed E-state index contributed by atoms with van der Waals surface area (Å²) in [4.78, 5) is 0. The topological polar surface area (TPSA) is 71.3 Å². The Labute approximate surface area is 129 Å². The smallest absolute Gasteiger partial charge is 0.273 e. The second-order valence-corrected chi connectivity index (χ2v) is 6.84. The highest BCUT2D eigenvalue weighted by molar-refractivity contribution is 7.89. The second-order valence-electron chi connectivity index (χ2n) is 4.58. The third kappa shape index (κ3) is 4.07. The van der Waals surface area contributed by atoms with Crippen molar-refractivity contribution in [2.45, 2.75) is 24.6 Å². The number of halogens is 1. The lowest BCUT2D eigenvalue weighted by atomic mass is 10.1. The highest BCUT2D eigenvalue weighted by Crippen LogP contribution is 2.18. The van der Waals surface area contributed by atoms with Crippen LogP contribution >= 0.6 is 11.6 Å². The number of benzene rings is 1. The largest absolute Gasteiger partial charge is 0.447 e. The third-order valence-corrected chi connectivity index (χ3v) is 4.66. The van der Waals surface area contributed by atoms with Crippen molar-refractivity contribution in [2.75, 3.05) is 7.05 Å². The van der Waals surface area contributed by atoms with Crippen LogP contribution in [0.3, 0.4) is 0 Å². The summed E-state index contributed by atoms with van der Waals surface area (Å²) in [6.45, 7) is 2.44. The van der Waals surface area contributed by atoms with Gasteiger partial charge in [-0.05, 0) is 43.8 Å². The van der Waals surface area contributed by atoms with Crippen LogP contribution in [0.2, 0.25) is 5.02 Å². The summed E-state index contributed by atoms with van der Waals surface area (Å²) in [7, 11) is -2.19. The van der Waals surface area contributed by atoms with Crippen LogP contribution in [-0.2, 0) is 16.6 Å². The SMILES string of the molecule is CNS(=O)(=O)c1ccc(CNC(C)c2ccc(Cl)cc2)o1. The second kappa shape index (κ2) is 6.62. The van der Waals surface area contributed by atoms with Gasteiger partial charge in [0.05, 0.1) is 6.54 Å². The molecule has 1 heterocycles. The van der Waals surface area contributed by atoms with Gasteiger partial charge in [0, 0.05) is 11.1 Å². The standard InChI is InChI=1S/C14H17ClN2O3S/c1-10(11-3-5-12(15)6-4-11)17-9-13-7-8-14(20-13)21(18,19)16-2/h3-8,10,16-17H,9H2,1-2H3. The maximum atomic E-state index is 11.6. The molecule has 0 amide bonds. The van der Waals surface area contributed by atoms with Gasteiger partial charge in [0.1, 0.15) is 5.76 Å². The van der Waals surface area contributed by atoms with E-state index in [1.807, 2.05) is 31.2 Å². The van der Waals surface area contributed by atoms with Gasteiger partial charge in [0.15, 0.2) is 0 Å². The summed E-state index contributed by atoms with van der Waals surface area (Å²) in [6, 6.07) is 10.7. The molecule has 0 aliphatic heterocycles. The van der Waals surface area contributed by atoms with Gasteiger partial charge in [-0.1, -0.05) is 23.7 Å². The van der Waals surface area contributed by atoms with Crippen LogP contribution in [0, 0.1) is 0 Å². The van der Waals surface area contributed by atoms with Crippen molar-refractivity contribution in [3.8, 4) is 0 Å². The minimum absolute atomic E-state index is 0.0825. The molecule has 7 heteroatoms. The van der Waals surface area contributed by atoms with Crippen LogP contribution < -0.4 is 10.0 Å². The van der Waals surface area contributed by atoms with Crippen LogP contribution in [0.1, 0.15) is 24.3 Å². The fourth-order valence-corrected chi connectivity index (χ4v) is 2.61. The Balaban J connectivity index is 1.99. The number of sulfonamides is 1. The fourth-order valence-electron chi connectivity index (χ4n) is 1.82. The predicted octanol–water partition coefficient (Wildman–Crippen LogP) is 2.69. The molecule has 1 atom stereocenters. The van der Waals surface area contributed by atoms with E-state index in [2.05, 4.69) is 10.0 Å². The first kappa shape index (κ1) is 16.0. The Morgan fingerprint density at radius 3 is 2.48 bits per heavy atom. The lowest BCUT2D eigenvalue weighted by Gasteiger charge is -2.13. The molecule has 2 N–H and O–H groups in total. The zero-order chi connectivity index (χ0) is 15.5. The molecule has 1 aromatic heterocycles. The molecule has 1 aromatic carbocycles. The summed E-state index contributed by atoms with van der Waals surface area (Å²) in [5.41, 5.74) is 1.09. The Bertz CT molecular complexity index is 695. The molecule has 0 aliphatic carbocycles. The van der Waals surface area contributed by atoms with Crippen molar-refractivity contribution in [2.24, 2.45) is 0 Å². The average molecular weight is 329 g/mol. The van der Waals surface area contributed by atoms with E-state index in [0.717, 1.165) is 5.56 Å². The molecule has 0 saturated carbocycles. The monoisotopic (exact) mass is 328 g/mol. The Hall–Kier alpha value is -1.34. The zero-order valence-electron chi connectivity index (χ0n) is 11.8. The maximum absolute atomic E-state index is 11.6. The first-order valence-corrected chi connectivity index (χ1v) is 8.29. The van der Waals surface area contributed by atoms with Gasteiger partial charge in [0.25, 0.3) is 10.0 Å². The van der Waals surface area contributed by atoms with Crippen LogP contribution in [0.15, 0.2) is 45.9 Å². The van der Waals surface area contributed by atoms with E-state index >= 15 is 0 Å². The van der Waals surface area contributed by atoms with Crippen molar-refractivity contribution in [1.82, 2.24) is 10.0 Å². The van der Waals surface area contributed by atoms with E-state index in [0.29, 0.717) is 17.3 Å². The number of furan rings is 1. The van der Waals surface area contributed by atoms with Gasteiger partial charge in [-0.15, -0.1) is 0 Å². The number of rotatable bonds is 6. The Kier molecular flexibility index (Phi) is 5.05. The Morgan fingerprint density at radius 2 is 1.86 bits per heavy atom. The van der Waals surface area contributed by atoms with Crippen LogP contribution in [0.25, 0.3) is 0 Å². The van der Waals surface area contributed by atoms with Crippen molar-refractivity contribution in [3.05, 3.63) is 52.7 Å². The summed E-state index contributed by atoms with van der Waals surface area (Å²) >= 11 is 5.85. The summed E-state index contributed by atoms with van der Waals surface area (Å²) in [5.74, 6) is 0.560. The minimum atomic E-state index is -3.53. The molecule has 0 fully saturated rings. The van der Waals surface area contributed by atoms with Crippen molar-refractivity contribution < 1.29 is 12.8 Å². The maximum Gasteiger partial charge on any atom is 0.273 e. The van der Waals surface area contributed by atoms with Gasteiger partial charge in [-0.2, -0.15) is 0 Å². The van der Waals surface area contributed by atoms with E-state index in [-0.39, 0.29) is 11.1 Å². The Morgan fingerprint density at radius 1 is 1.19 bits per heavy atom. The summed E-state index contributed by atoms with van der Waals surface area (Å²) in [5, 5.41) is 3.88. The first-order chi connectivity index (χ1) is 9.92. The lowest BCUT2D eigenvalue weighted by Crippen LogP contribution is -2.18. The third-order valence-electron chi connectivity index (χ3n) is 3.12. The molecule has 0 radical (unpaired) electrons. The zero-order valence-corrected chi connectivity index (χ0v) is 13.3. The van der Waals surface area contributed by atoms with E-state index in [1.54, 1.807) is 6.07 Å². The molecule has 2 aromatic rings. The van der Waals surface area contributed by atoms with Gasteiger partial charge < -0.3 is 9.73 Å². The predicted molar refractivity (Wildman–Crippen MR) is 81.7 cm³/mol. The molecule has 21 heavy (non-hydrogen) atoms. The van der Waals surface area contributed by atoms with Gasteiger partial charge in [0.2, 0.25) is 5.09 Å². The van der Waals surface area contributed by atoms with Crippen LogP contribution in [-0.4, -0.2) is 15.5 Å². The van der Waals surface area contributed by atoms with Crippen molar-refractivity contribution in [1.29, 1.82) is 0 Å². The number of nitrogens with one attached hydrogen (secondary N) is 2. The number of hydrogen-bond donors (Lipinski definition) is 2. The highest BCUT2D eigenvalue weighted by Gasteiger charge is 2.16. The first-order valence-electron chi connectivity index (χ1n) is 6.43. The molecular formula is C14H17ClN2O3S. The van der Waals surface area contributed by atoms with Gasteiger partial charge in [-0.25, -0.2) is 13.1 Å². The molecule has 0 spiro atoms. The summed E-state index contributed by atoms with van der Waals surface area (Å²) < 4.78 is 30.7. The molecule has 0 bridgehead atoms. The molecule has 1 unspecified atom stereocenters. The molecule has 5 nitrogen and oxygen atoms in total. The minimum Gasteiger partial charge on any atom is -0.447 e. The van der Waals surface area contributed by atoms with Gasteiger partial charge >= 0.3 is 0 Å². The lowest BCUT2D eigenvalue weighted by molar-refractivity contribution is 0.392. The molecule has 114 valence electrons. The molecule has 0 aliphatic rings. The van der Waals surface area contributed by atoms with E-state index in [4.69, 9.17) is 16.0 Å². The van der Waals surface area contributed by atoms with Crippen LogP contribution in [0.5, 0.6) is 0 Å². The quantitative estimate of drug-likeness (QED) is 0.855. The van der Waals surface area contributed by atoms with E-state index < -0.39 is 10.0 Å². The average Bonchev–Trinajstić information content (AvgIpc) is 2.95. The molecular weight excluding hydrogens is 312 g/mol. The highest BCUT2D eigenvalue weighted by atomic mass is 35.5. The molecule has 0 saturated heterocycles. The van der Waals surface area contributed by atoms with Crippen molar-refractivity contribution >= 4 is 21.6 Å². The normalized spacial score (nSPS) is 13.3. The number of hydrogen-bond acceptors (Lipinski definition) is 4. The van der Waals surface area contributed by atoms with Crippen molar-refractivity contribution in [3.63, 3.8) is 0 Å². The van der Waals surface area contributed by atoms with E-state index in [9.17, 15) is 8.42 Å². The summed E-state index contributed by atoms with van der Waals surface area (Å²) in [6.07, 6.45) is 0. The molecule has 2 rings (SSSR count). The van der Waals surface area contributed by atoms with E-state index in [1.165, 1.54) is 13.1 Å². The fraction of sp³-hybridized carbons (Fsp3) is 0.286. The van der Waals surface area contributed by atoms with Gasteiger partial charge in [-0.3, -0.25) is 0 Å².